The van der Waals surface area contributed by atoms with E-state index in [1.807, 2.05) is 37.3 Å². The van der Waals surface area contributed by atoms with Crippen molar-refractivity contribution in [3.05, 3.63) is 60.1 Å². The average molecular weight is 285 g/mol. The lowest BCUT2D eigenvalue weighted by Crippen LogP contribution is -2.35. The first-order valence-electron chi connectivity index (χ1n) is 7.12. The van der Waals surface area contributed by atoms with Gasteiger partial charge in [-0.3, -0.25) is 9.69 Å². The molecule has 1 fully saturated rings. The Morgan fingerprint density at radius 3 is 2.71 bits per heavy atom. The molecule has 4 heteroatoms. The zero-order chi connectivity index (χ0) is 14.9. The van der Waals surface area contributed by atoms with E-state index in [1.54, 1.807) is 6.26 Å². The minimum absolute atomic E-state index is 0.452. The van der Waals surface area contributed by atoms with Crippen molar-refractivity contribution in [1.82, 2.24) is 4.90 Å². The highest BCUT2D eigenvalue weighted by Gasteiger charge is 2.49. The Labute approximate surface area is 124 Å². The number of carboxylic acid groups (broad SMARTS) is 1. The largest absolute Gasteiger partial charge is 0.481 e. The van der Waals surface area contributed by atoms with Crippen LogP contribution in [0.4, 0.5) is 0 Å². The second kappa shape index (κ2) is 5.37. The Bertz CT molecular complexity index is 608. The maximum Gasteiger partial charge on any atom is 0.308 e. The van der Waals surface area contributed by atoms with Crippen molar-refractivity contribution in [3.8, 4) is 0 Å². The highest BCUT2D eigenvalue weighted by Crippen LogP contribution is 2.40. The monoisotopic (exact) mass is 285 g/mol. The first kappa shape index (κ1) is 13.9. The number of furan rings is 1. The van der Waals surface area contributed by atoms with Crippen molar-refractivity contribution in [2.24, 2.45) is 5.92 Å². The van der Waals surface area contributed by atoms with E-state index in [1.165, 1.54) is 5.56 Å². The number of hydrogen-bond acceptors (Lipinski definition) is 3. The minimum atomic E-state index is -0.760. The Morgan fingerprint density at radius 1 is 1.33 bits per heavy atom. The second-order valence-corrected chi connectivity index (χ2v) is 5.94. The van der Waals surface area contributed by atoms with Crippen LogP contribution in [-0.4, -0.2) is 29.1 Å². The molecule has 0 aliphatic carbocycles. The Balaban J connectivity index is 1.83. The van der Waals surface area contributed by atoms with Gasteiger partial charge in [0, 0.05) is 19.6 Å². The summed E-state index contributed by atoms with van der Waals surface area (Å²) >= 11 is 0. The molecule has 1 saturated heterocycles. The molecular formula is C17H19NO3. The molecule has 1 aromatic carbocycles. The van der Waals surface area contributed by atoms with Gasteiger partial charge in [0.2, 0.25) is 0 Å². The van der Waals surface area contributed by atoms with Crippen molar-refractivity contribution in [1.29, 1.82) is 0 Å². The van der Waals surface area contributed by atoms with Gasteiger partial charge in [0.15, 0.2) is 0 Å². The van der Waals surface area contributed by atoms with Crippen LogP contribution >= 0.6 is 0 Å². The number of nitrogens with zero attached hydrogens (tertiary/aromatic N) is 1. The molecular weight excluding hydrogens is 266 g/mol. The van der Waals surface area contributed by atoms with Crippen molar-refractivity contribution in [2.75, 3.05) is 13.1 Å². The number of hydrogen-bond donors (Lipinski definition) is 1. The third-order valence-electron chi connectivity index (χ3n) is 4.39. The average Bonchev–Trinajstić information content (AvgIpc) is 3.09. The molecule has 2 atom stereocenters. The van der Waals surface area contributed by atoms with E-state index in [2.05, 4.69) is 17.0 Å². The standard InChI is InChI=1S/C17H19NO3/c1-17(15-8-5-9-21-15)12-18(11-14(17)16(19)20)10-13-6-3-2-4-7-13/h2-9,14H,10-12H2,1H3,(H,19,20). The topological polar surface area (TPSA) is 53.7 Å². The zero-order valence-electron chi connectivity index (χ0n) is 12.0. The first-order chi connectivity index (χ1) is 10.1. The molecule has 1 aliphatic rings. The molecule has 1 N–H and O–H groups in total. The zero-order valence-corrected chi connectivity index (χ0v) is 12.0. The van der Waals surface area contributed by atoms with Crippen molar-refractivity contribution < 1.29 is 14.3 Å². The van der Waals surface area contributed by atoms with Crippen LogP contribution in [0.1, 0.15) is 18.2 Å². The molecule has 2 unspecified atom stereocenters. The van der Waals surface area contributed by atoms with Gasteiger partial charge in [0.1, 0.15) is 5.76 Å². The Hall–Kier alpha value is -2.07. The van der Waals surface area contributed by atoms with E-state index in [9.17, 15) is 9.90 Å². The third-order valence-corrected chi connectivity index (χ3v) is 4.39. The van der Waals surface area contributed by atoms with Crippen LogP contribution in [-0.2, 0) is 16.8 Å². The number of likely N-dealkylation sites (tertiary alicyclic amines) is 1. The summed E-state index contributed by atoms with van der Waals surface area (Å²) in [4.78, 5) is 13.8. The fourth-order valence-corrected chi connectivity index (χ4v) is 3.26. The van der Waals surface area contributed by atoms with Gasteiger partial charge in [-0.2, -0.15) is 0 Å². The van der Waals surface area contributed by atoms with Gasteiger partial charge < -0.3 is 9.52 Å². The van der Waals surface area contributed by atoms with Crippen LogP contribution < -0.4 is 0 Å². The second-order valence-electron chi connectivity index (χ2n) is 5.94. The van der Waals surface area contributed by atoms with Crippen LogP contribution in [0.5, 0.6) is 0 Å². The molecule has 0 spiro atoms. The minimum Gasteiger partial charge on any atom is -0.481 e. The Morgan fingerprint density at radius 2 is 2.10 bits per heavy atom. The fourth-order valence-electron chi connectivity index (χ4n) is 3.26. The summed E-state index contributed by atoms with van der Waals surface area (Å²) in [6.07, 6.45) is 1.61. The van der Waals surface area contributed by atoms with E-state index >= 15 is 0 Å². The molecule has 0 saturated carbocycles. The maximum absolute atomic E-state index is 11.6. The molecule has 110 valence electrons. The van der Waals surface area contributed by atoms with Gasteiger partial charge >= 0.3 is 5.97 Å². The van der Waals surface area contributed by atoms with E-state index < -0.39 is 17.3 Å². The molecule has 0 radical (unpaired) electrons. The summed E-state index contributed by atoms with van der Waals surface area (Å²) in [6, 6.07) is 13.8. The summed E-state index contributed by atoms with van der Waals surface area (Å²) in [7, 11) is 0. The van der Waals surface area contributed by atoms with Gasteiger partial charge in [0.25, 0.3) is 0 Å². The number of carbonyl (C=O) groups is 1. The highest BCUT2D eigenvalue weighted by atomic mass is 16.4. The number of aliphatic carboxylic acids is 1. The SMILES string of the molecule is CC1(c2ccco2)CN(Cc2ccccc2)CC1C(=O)O. The van der Waals surface area contributed by atoms with Crippen LogP contribution in [0.3, 0.4) is 0 Å². The smallest absolute Gasteiger partial charge is 0.308 e. The van der Waals surface area contributed by atoms with Gasteiger partial charge in [-0.1, -0.05) is 37.3 Å². The molecule has 2 heterocycles. The summed E-state index contributed by atoms with van der Waals surface area (Å²) in [5.74, 6) is -0.456. The predicted octanol–water partition coefficient (Wildman–Crippen LogP) is 2.75. The normalized spacial score (nSPS) is 26.0. The predicted molar refractivity (Wildman–Crippen MR) is 78.9 cm³/mol. The molecule has 1 aliphatic heterocycles. The Kier molecular flexibility index (Phi) is 3.55. The molecule has 1 aromatic heterocycles. The van der Waals surface area contributed by atoms with E-state index in [0.717, 1.165) is 12.3 Å². The lowest BCUT2D eigenvalue weighted by atomic mass is 9.78. The van der Waals surface area contributed by atoms with Crippen LogP contribution in [0, 0.1) is 5.92 Å². The maximum atomic E-state index is 11.6. The number of benzene rings is 1. The molecule has 4 nitrogen and oxygen atoms in total. The van der Waals surface area contributed by atoms with Gasteiger partial charge in [0.05, 0.1) is 17.6 Å². The summed E-state index contributed by atoms with van der Waals surface area (Å²) in [6.45, 7) is 3.98. The van der Waals surface area contributed by atoms with Crippen molar-refractivity contribution in [3.63, 3.8) is 0 Å². The highest BCUT2D eigenvalue weighted by molar-refractivity contribution is 5.73. The molecule has 2 aromatic rings. The quantitative estimate of drug-likeness (QED) is 0.938. The molecule has 0 amide bonds. The van der Waals surface area contributed by atoms with E-state index in [-0.39, 0.29) is 0 Å². The van der Waals surface area contributed by atoms with E-state index in [0.29, 0.717) is 13.1 Å². The summed E-state index contributed by atoms with van der Waals surface area (Å²) < 4.78 is 5.51. The summed E-state index contributed by atoms with van der Waals surface area (Å²) in [5, 5.41) is 9.56. The van der Waals surface area contributed by atoms with Gasteiger partial charge in [-0.25, -0.2) is 0 Å². The van der Waals surface area contributed by atoms with Crippen LogP contribution in [0.2, 0.25) is 0 Å². The molecule has 3 rings (SSSR count). The van der Waals surface area contributed by atoms with Gasteiger partial charge in [-0.05, 0) is 17.7 Å². The van der Waals surface area contributed by atoms with Crippen molar-refractivity contribution >= 4 is 5.97 Å². The van der Waals surface area contributed by atoms with Gasteiger partial charge in [-0.15, -0.1) is 0 Å². The number of carboxylic acids is 1. The lowest BCUT2D eigenvalue weighted by molar-refractivity contribution is -0.143. The molecule has 21 heavy (non-hydrogen) atoms. The fraction of sp³-hybridized carbons (Fsp3) is 0.353. The third kappa shape index (κ3) is 2.59. The van der Waals surface area contributed by atoms with Crippen molar-refractivity contribution in [2.45, 2.75) is 18.9 Å². The number of rotatable bonds is 4. The van der Waals surface area contributed by atoms with Crippen LogP contribution in [0.15, 0.2) is 53.1 Å². The lowest BCUT2D eigenvalue weighted by Gasteiger charge is -2.25. The summed E-state index contributed by atoms with van der Waals surface area (Å²) in [5.41, 5.74) is 0.717. The van der Waals surface area contributed by atoms with Crippen LogP contribution in [0.25, 0.3) is 0 Å². The first-order valence-corrected chi connectivity index (χ1v) is 7.12. The molecule has 0 bridgehead atoms. The van der Waals surface area contributed by atoms with E-state index in [4.69, 9.17) is 4.42 Å².